The maximum absolute atomic E-state index is 11.0. The SMILES string of the molecule is O=C(O)c1ccc2c(c1)C(=C(Cl)Cl)OC(C(Cl)(Cl)Cl)O2. The van der Waals surface area contributed by atoms with E-state index in [0.717, 1.165) is 0 Å². The second-order valence-corrected chi connectivity index (χ2v) is 7.03. The monoisotopic (exact) mass is 376 g/mol. The van der Waals surface area contributed by atoms with Crippen LogP contribution in [0.3, 0.4) is 0 Å². The molecular formula is C11H5Cl5O4. The van der Waals surface area contributed by atoms with Crippen LogP contribution >= 0.6 is 58.0 Å². The zero-order valence-corrected chi connectivity index (χ0v) is 13.2. The lowest BCUT2D eigenvalue weighted by Gasteiger charge is -2.32. The Morgan fingerprint density at radius 1 is 1.20 bits per heavy atom. The third-order valence-electron chi connectivity index (χ3n) is 2.37. The third kappa shape index (κ3) is 3.21. The van der Waals surface area contributed by atoms with Crippen LogP contribution in [0.15, 0.2) is 22.7 Å². The highest BCUT2D eigenvalue weighted by molar-refractivity contribution is 6.68. The average Bonchev–Trinajstić information content (AvgIpc) is 2.35. The Bertz CT molecular complexity index is 589. The second kappa shape index (κ2) is 5.70. The van der Waals surface area contributed by atoms with E-state index >= 15 is 0 Å². The molecule has 2 rings (SSSR count). The molecule has 0 bridgehead atoms. The Balaban J connectivity index is 2.54. The minimum atomic E-state index is -1.88. The maximum atomic E-state index is 11.0. The highest BCUT2D eigenvalue weighted by atomic mass is 35.6. The summed E-state index contributed by atoms with van der Waals surface area (Å²) in [5.41, 5.74) is 0.269. The molecule has 0 radical (unpaired) electrons. The molecule has 0 saturated carbocycles. The average molecular weight is 378 g/mol. The molecule has 9 heteroatoms. The van der Waals surface area contributed by atoms with Gasteiger partial charge >= 0.3 is 5.97 Å². The van der Waals surface area contributed by atoms with Gasteiger partial charge in [0, 0.05) is 0 Å². The molecule has 1 aromatic rings. The Morgan fingerprint density at radius 2 is 1.85 bits per heavy atom. The Kier molecular flexibility index (Phi) is 4.52. The predicted molar refractivity (Wildman–Crippen MR) is 77.8 cm³/mol. The fourth-order valence-corrected chi connectivity index (χ4v) is 2.09. The largest absolute Gasteiger partial charge is 0.478 e. The molecule has 108 valence electrons. The van der Waals surface area contributed by atoms with E-state index in [9.17, 15) is 4.79 Å². The number of carboxylic acid groups (broad SMARTS) is 1. The van der Waals surface area contributed by atoms with Crippen molar-refractivity contribution in [1.82, 2.24) is 0 Å². The number of fused-ring (bicyclic) bond motifs is 1. The van der Waals surface area contributed by atoms with Gasteiger partial charge in [-0.05, 0) is 18.2 Å². The molecule has 1 aromatic carbocycles. The molecule has 0 spiro atoms. The van der Waals surface area contributed by atoms with Gasteiger partial charge in [0.1, 0.15) is 10.2 Å². The van der Waals surface area contributed by atoms with Crippen LogP contribution in [0, 0.1) is 0 Å². The Hall–Kier alpha value is -0.520. The van der Waals surface area contributed by atoms with Crippen molar-refractivity contribution in [1.29, 1.82) is 0 Å². The lowest BCUT2D eigenvalue weighted by molar-refractivity contribution is -0.0248. The second-order valence-electron chi connectivity index (χ2n) is 3.71. The zero-order valence-electron chi connectivity index (χ0n) is 9.37. The first-order valence-corrected chi connectivity index (χ1v) is 6.92. The number of aromatic carboxylic acids is 1. The molecule has 1 aliphatic heterocycles. The van der Waals surface area contributed by atoms with Crippen LogP contribution in [-0.4, -0.2) is 21.2 Å². The lowest BCUT2D eigenvalue weighted by atomic mass is 10.1. The number of hydrogen-bond donors (Lipinski definition) is 1. The quantitative estimate of drug-likeness (QED) is 0.726. The molecule has 0 amide bonds. The number of halogens is 5. The highest BCUT2D eigenvalue weighted by Gasteiger charge is 2.41. The standard InChI is InChI=1S/C11H5Cl5O4/c12-8(13)7-5-3-4(9(17)18)1-2-6(5)19-10(20-7)11(14,15)16/h1-3,10H,(H,17,18). The first-order chi connectivity index (χ1) is 9.20. The van der Waals surface area contributed by atoms with Crippen molar-refractivity contribution in [3.8, 4) is 5.75 Å². The number of carboxylic acids is 1. The summed E-state index contributed by atoms with van der Waals surface area (Å²) in [6.07, 6.45) is -1.27. The smallest absolute Gasteiger partial charge is 0.335 e. The topological polar surface area (TPSA) is 55.8 Å². The predicted octanol–water partition coefficient (Wildman–Crippen LogP) is 4.59. The van der Waals surface area contributed by atoms with Gasteiger partial charge in [0.15, 0.2) is 5.76 Å². The molecule has 0 fully saturated rings. The van der Waals surface area contributed by atoms with Gasteiger partial charge in [0.05, 0.1) is 11.1 Å². The summed E-state index contributed by atoms with van der Waals surface area (Å²) in [5, 5.41) is 8.97. The third-order valence-corrected chi connectivity index (χ3v) is 3.25. The molecule has 4 nitrogen and oxygen atoms in total. The molecule has 0 aliphatic carbocycles. The van der Waals surface area contributed by atoms with Gasteiger partial charge in [-0.1, -0.05) is 58.0 Å². The molecule has 1 heterocycles. The van der Waals surface area contributed by atoms with Crippen molar-refractivity contribution < 1.29 is 19.4 Å². The minimum Gasteiger partial charge on any atom is -0.478 e. The van der Waals surface area contributed by atoms with Crippen molar-refractivity contribution in [3.63, 3.8) is 0 Å². The molecule has 20 heavy (non-hydrogen) atoms. The summed E-state index contributed by atoms with van der Waals surface area (Å²) in [6, 6.07) is 4.04. The van der Waals surface area contributed by atoms with E-state index in [1.807, 2.05) is 0 Å². The van der Waals surface area contributed by atoms with Gasteiger partial charge in [0.25, 0.3) is 10.1 Å². The maximum Gasteiger partial charge on any atom is 0.335 e. The van der Waals surface area contributed by atoms with Crippen LogP contribution in [0.25, 0.3) is 5.76 Å². The number of alkyl halides is 3. The fourth-order valence-electron chi connectivity index (χ4n) is 1.53. The van der Waals surface area contributed by atoms with Gasteiger partial charge in [-0.3, -0.25) is 0 Å². The van der Waals surface area contributed by atoms with E-state index in [2.05, 4.69) is 0 Å². The Labute approximate surface area is 138 Å². The van der Waals surface area contributed by atoms with Crippen molar-refractivity contribution in [3.05, 3.63) is 33.8 Å². The van der Waals surface area contributed by atoms with E-state index in [1.54, 1.807) is 0 Å². The van der Waals surface area contributed by atoms with Crippen LogP contribution < -0.4 is 4.74 Å². The van der Waals surface area contributed by atoms with E-state index in [0.29, 0.717) is 0 Å². The molecule has 1 atom stereocenters. The van der Waals surface area contributed by atoms with Gasteiger partial charge in [0.2, 0.25) is 0 Å². The van der Waals surface area contributed by atoms with E-state index < -0.39 is 16.1 Å². The molecule has 1 unspecified atom stereocenters. The number of carbonyl (C=O) groups is 1. The van der Waals surface area contributed by atoms with Crippen LogP contribution in [0.4, 0.5) is 0 Å². The molecule has 1 N–H and O–H groups in total. The van der Waals surface area contributed by atoms with Crippen molar-refractivity contribution in [2.45, 2.75) is 10.1 Å². The summed E-state index contributed by atoms with van der Waals surface area (Å²) >= 11 is 28.6. The number of benzene rings is 1. The zero-order chi connectivity index (χ0) is 15.1. The number of hydrogen-bond acceptors (Lipinski definition) is 3. The van der Waals surface area contributed by atoms with Crippen LogP contribution in [-0.2, 0) is 4.74 Å². The van der Waals surface area contributed by atoms with Gasteiger partial charge in [-0.2, -0.15) is 0 Å². The van der Waals surface area contributed by atoms with Crippen LogP contribution in [0.1, 0.15) is 15.9 Å². The molecule has 0 aromatic heterocycles. The molecular weight excluding hydrogens is 373 g/mol. The normalized spacial score (nSPS) is 17.9. The van der Waals surface area contributed by atoms with E-state index in [1.165, 1.54) is 18.2 Å². The van der Waals surface area contributed by atoms with Crippen molar-refractivity contribution >= 4 is 69.7 Å². The molecule has 0 saturated heterocycles. The van der Waals surface area contributed by atoms with Crippen LogP contribution in [0.5, 0.6) is 5.75 Å². The lowest BCUT2D eigenvalue weighted by Crippen LogP contribution is -2.36. The summed E-state index contributed by atoms with van der Waals surface area (Å²) in [4.78, 5) is 11.0. The highest BCUT2D eigenvalue weighted by Crippen LogP contribution is 2.44. The van der Waals surface area contributed by atoms with E-state index in [4.69, 9.17) is 72.6 Å². The minimum absolute atomic E-state index is 0.00960. The van der Waals surface area contributed by atoms with Crippen LogP contribution in [0.2, 0.25) is 0 Å². The summed E-state index contributed by atoms with van der Waals surface area (Å²) in [6.45, 7) is 0. The van der Waals surface area contributed by atoms with Crippen molar-refractivity contribution in [2.24, 2.45) is 0 Å². The fraction of sp³-hybridized carbons (Fsp3) is 0.182. The summed E-state index contributed by atoms with van der Waals surface area (Å²) in [5.74, 6) is -0.901. The summed E-state index contributed by atoms with van der Waals surface area (Å²) in [7, 11) is 0. The number of ether oxygens (including phenoxy) is 2. The van der Waals surface area contributed by atoms with E-state index in [-0.39, 0.29) is 27.1 Å². The first-order valence-electron chi connectivity index (χ1n) is 5.03. The number of rotatable bonds is 1. The van der Waals surface area contributed by atoms with Gasteiger partial charge in [-0.15, -0.1) is 0 Å². The van der Waals surface area contributed by atoms with Crippen molar-refractivity contribution in [2.75, 3.05) is 0 Å². The van der Waals surface area contributed by atoms with Gasteiger partial charge in [-0.25, -0.2) is 4.79 Å². The Morgan fingerprint density at radius 3 is 2.35 bits per heavy atom. The summed E-state index contributed by atoms with van der Waals surface area (Å²) < 4.78 is 8.51. The van der Waals surface area contributed by atoms with Gasteiger partial charge < -0.3 is 14.6 Å². The first kappa shape index (κ1) is 15.9. The molecule has 1 aliphatic rings.